The van der Waals surface area contributed by atoms with Crippen molar-refractivity contribution in [2.75, 3.05) is 13.1 Å². The fourth-order valence-electron chi connectivity index (χ4n) is 2.22. The van der Waals surface area contributed by atoms with Gasteiger partial charge < -0.3 is 15.1 Å². The summed E-state index contributed by atoms with van der Waals surface area (Å²) in [5.41, 5.74) is 6.71. The van der Waals surface area contributed by atoms with Crippen LogP contribution in [0.4, 0.5) is 0 Å². The number of carbonyl (C=O) groups is 1. The SMILES string of the molecule is NCCCN(Cc1ccccc1)C(=O)CCc1ccco1. The summed E-state index contributed by atoms with van der Waals surface area (Å²) in [6.07, 6.45) is 3.56. The van der Waals surface area contributed by atoms with Crippen molar-refractivity contribution in [3.05, 3.63) is 60.1 Å². The number of benzene rings is 1. The van der Waals surface area contributed by atoms with Crippen LogP contribution in [0.2, 0.25) is 0 Å². The number of rotatable bonds is 8. The van der Waals surface area contributed by atoms with Gasteiger partial charge in [-0.1, -0.05) is 30.3 Å². The van der Waals surface area contributed by atoms with E-state index in [1.54, 1.807) is 6.26 Å². The van der Waals surface area contributed by atoms with Crippen molar-refractivity contribution in [2.24, 2.45) is 5.73 Å². The molecule has 1 aromatic carbocycles. The molecule has 1 heterocycles. The highest BCUT2D eigenvalue weighted by Gasteiger charge is 2.14. The summed E-state index contributed by atoms with van der Waals surface area (Å²) < 4.78 is 5.27. The van der Waals surface area contributed by atoms with Crippen LogP contribution in [0.5, 0.6) is 0 Å². The van der Waals surface area contributed by atoms with E-state index in [0.29, 0.717) is 32.5 Å². The number of nitrogens with zero attached hydrogens (tertiary/aromatic N) is 1. The van der Waals surface area contributed by atoms with Gasteiger partial charge in [0.2, 0.25) is 5.91 Å². The molecule has 0 aliphatic carbocycles. The van der Waals surface area contributed by atoms with E-state index < -0.39 is 0 Å². The van der Waals surface area contributed by atoms with Crippen molar-refractivity contribution in [1.82, 2.24) is 4.90 Å². The average molecular weight is 286 g/mol. The van der Waals surface area contributed by atoms with Crippen LogP contribution < -0.4 is 5.73 Å². The molecule has 0 saturated carbocycles. The molecule has 4 heteroatoms. The zero-order valence-electron chi connectivity index (χ0n) is 12.2. The number of hydrogen-bond donors (Lipinski definition) is 1. The lowest BCUT2D eigenvalue weighted by Gasteiger charge is -2.22. The first-order valence-corrected chi connectivity index (χ1v) is 7.33. The Balaban J connectivity index is 1.92. The Morgan fingerprint density at radius 1 is 1.14 bits per heavy atom. The molecule has 0 bridgehead atoms. The highest BCUT2D eigenvalue weighted by Crippen LogP contribution is 2.10. The molecule has 0 aliphatic rings. The second-order valence-electron chi connectivity index (χ2n) is 5.02. The van der Waals surface area contributed by atoms with E-state index in [1.807, 2.05) is 47.4 Å². The quantitative estimate of drug-likeness (QED) is 0.811. The lowest BCUT2D eigenvalue weighted by molar-refractivity contribution is -0.131. The van der Waals surface area contributed by atoms with Crippen LogP contribution in [0, 0.1) is 0 Å². The molecule has 2 rings (SSSR count). The van der Waals surface area contributed by atoms with Crippen LogP contribution in [-0.2, 0) is 17.8 Å². The number of nitrogens with two attached hydrogens (primary N) is 1. The van der Waals surface area contributed by atoms with Crippen molar-refractivity contribution in [3.8, 4) is 0 Å². The average Bonchev–Trinajstić information content (AvgIpc) is 3.03. The molecule has 0 saturated heterocycles. The molecule has 0 spiro atoms. The Morgan fingerprint density at radius 3 is 2.62 bits per heavy atom. The second-order valence-corrected chi connectivity index (χ2v) is 5.02. The third kappa shape index (κ3) is 5.08. The van der Waals surface area contributed by atoms with Crippen LogP contribution >= 0.6 is 0 Å². The predicted molar refractivity (Wildman–Crippen MR) is 82.6 cm³/mol. The molecule has 112 valence electrons. The first-order valence-electron chi connectivity index (χ1n) is 7.33. The zero-order chi connectivity index (χ0) is 14.9. The molecule has 0 atom stereocenters. The number of furan rings is 1. The predicted octanol–water partition coefficient (Wildman–Crippen LogP) is 2.59. The van der Waals surface area contributed by atoms with E-state index in [-0.39, 0.29) is 5.91 Å². The van der Waals surface area contributed by atoms with Crippen molar-refractivity contribution in [2.45, 2.75) is 25.8 Å². The zero-order valence-corrected chi connectivity index (χ0v) is 12.2. The minimum Gasteiger partial charge on any atom is -0.469 e. The van der Waals surface area contributed by atoms with Crippen molar-refractivity contribution in [1.29, 1.82) is 0 Å². The molecule has 0 unspecified atom stereocenters. The summed E-state index contributed by atoms with van der Waals surface area (Å²) in [5.74, 6) is 0.991. The summed E-state index contributed by atoms with van der Waals surface area (Å²) in [7, 11) is 0. The van der Waals surface area contributed by atoms with Gasteiger partial charge in [0.1, 0.15) is 5.76 Å². The molecule has 21 heavy (non-hydrogen) atoms. The van der Waals surface area contributed by atoms with Gasteiger partial charge >= 0.3 is 0 Å². The highest BCUT2D eigenvalue weighted by atomic mass is 16.3. The van der Waals surface area contributed by atoms with E-state index in [0.717, 1.165) is 17.7 Å². The van der Waals surface area contributed by atoms with Crippen LogP contribution in [0.3, 0.4) is 0 Å². The van der Waals surface area contributed by atoms with Gasteiger partial charge in [-0.25, -0.2) is 0 Å². The van der Waals surface area contributed by atoms with Gasteiger partial charge in [-0.3, -0.25) is 4.79 Å². The Bertz CT molecular complexity index is 523. The molecular formula is C17H22N2O2. The Morgan fingerprint density at radius 2 is 1.95 bits per heavy atom. The Labute approximate surface area is 125 Å². The summed E-state index contributed by atoms with van der Waals surface area (Å²) in [6, 6.07) is 13.8. The number of carbonyl (C=O) groups excluding carboxylic acids is 1. The van der Waals surface area contributed by atoms with Crippen LogP contribution in [0.25, 0.3) is 0 Å². The Hall–Kier alpha value is -2.07. The van der Waals surface area contributed by atoms with Crippen LogP contribution in [0.15, 0.2) is 53.1 Å². The highest BCUT2D eigenvalue weighted by molar-refractivity contribution is 5.76. The maximum Gasteiger partial charge on any atom is 0.223 e. The van der Waals surface area contributed by atoms with Gasteiger partial charge in [0.15, 0.2) is 0 Å². The van der Waals surface area contributed by atoms with Gasteiger partial charge in [0, 0.05) is 25.9 Å². The monoisotopic (exact) mass is 286 g/mol. The summed E-state index contributed by atoms with van der Waals surface area (Å²) in [5, 5.41) is 0. The third-order valence-corrected chi connectivity index (χ3v) is 3.37. The smallest absolute Gasteiger partial charge is 0.223 e. The van der Waals surface area contributed by atoms with E-state index in [9.17, 15) is 4.79 Å². The standard InChI is InChI=1S/C17H22N2O2/c18-11-5-12-19(14-15-6-2-1-3-7-15)17(20)10-9-16-8-4-13-21-16/h1-4,6-8,13H,5,9-12,14,18H2. The first kappa shape index (κ1) is 15.3. The maximum absolute atomic E-state index is 12.4. The van der Waals surface area contributed by atoms with Crippen molar-refractivity contribution >= 4 is 5.91 Å². The van der Waals surface area contributed by atoms with Crippen molar-refractivity contribution in [3.63, 3.8) is 0 Å². The minimum absolute atomic E-state index is 0.142. The number of aryl methyl sites for hydroxylation is 1. The normalized spacial score (nSPS) is 10.5. The summed E-state index contributed by atoms with van der Waals surface area (Å²) >= 11 is 0. The van der Waals surface area contributed by atoms with Crippen LogP contribution in [0.1, 0.15) is 24.2 Å². The molecular weight excluding hydrogens is 264 g/mol. The number of amides is 1. The van der Waals surface area contributed by atoms with Gasteiger partial charge in [0.25, 0.3) is 0 Å². The largest absolute Gasteiger partial charge is 0.469 e. The van der Waals surface area contributed by atoms with Crippen LogP contribution in [-0.4, -0.2) is 23.9 Å². The molecule has 0 fully saturated rings. The molecule has 1 amide bonds. The van der Waals surface area contributed by atoms with Crippen molar-refractivity contribution < 1.29 is 9.21 Å². The molecule has 1 aromatic heterocycles. The molecule has 2 N–H and O–H groups in total. The third-order valence-electron chi connectivity index (χ3n) is 3.37. The van der Waals surface area contributed by atoms with E-state index >= 15 is 0 Å². The topological polar surface area (TPSA) is 59.5 Å². The molecule has 2 aromatic rings. The lowest BCUT2D eigenvalue weighted by Crippen LogP contribution is -2.32. The first-order chi connectivity index (χ1) is 10.3. The Kier molecular flexibility index (Phi) is 6.03. The maximum atomic E-state index is 12.4. The van der Waals surface area contributed by atoms with E-state index in [2.05, 4.69) is 0 Å². The van der Waals surface area contributed by atoms with E-state index in [1.165, 1.54) is 0 Å². The van der Waals surface area contributed by atoms with Gasteiger partial charge in [0.05, 0.1) is 6.26 Å². The fourth-order valence-corrected chi connectivity index (χ4v) is 2.22. The molecule has 0 aliphatic heterocycles. The summed E-state index contributed by atoms with van der Waals surface area (Å²) in [6.45, 7) is 1.93. The molecule has 0 radical (unpaired) electrons. The van der Waals surface area contributed by atoms with Gasteiger partial charge in [-0.05, 0) is 30.7 Å². The number of hydrogen-bond acceptors (Lipinski definition) is 3. The summed E-state index contributed by atoms with van der Waals surface area (Å²) in [4.78, 5) is 14.3. The van der Waals surface area contributed by atoms with Gasteiger partial charge in [-0.15, -0.1) is 0 Å². The van der Waals surface area contributed by atoms with Gasteiger partial charge in [-0.2, -0.15) is 0 Å². The molecule has 4 nitrogen and oxygen atoms in total. The lowest BCUT2D eigenvalue weighted by atomic mass is 10.1. The fraction of sp³-hybridized carbons (Fsp3) is 0.353. The second kappa shape index (κ2) is 8.27. The van der Waals surface area contributed by atoms with E-state index in [4.69, 9.17) is 10.2 Å². The minimum atomic E-state index is 0.142.